The van der Waals surface area contributed by atoms with Gasteiger partial charge < -0.3 is 5.73 Å². The van der Waals surface area contributed by atoms with Gasteiger partial charge in [-0.1, -0.05) is 6.07 Å². The third-order valence-corrected chi connectivity index (χ3v) is 3.08. The van der Waals surface area contributed by atoms with E-state index >= 15 is 0 Å². The molecule has 0 bridgehead atoms. The van der Waals surface area contributed by atoms with E-state index in [2.05, 4.69) is 21.0 Å². The van der Waals surface area contributed by atoms with Crippen LogP contribution < -0.4 is 5.73 Å². The first kappa shape index (κ1) is 11.4. The van der Waals surface area contributed by atoms with Crippen LogP contribution in [0.15, 0.2) is 41.1 Å². The Balaban J connectivity index is 2.46. The third kappa shape index (κ3) is 2.18. The van der Waals surface area contributed by atoms with Gasteiger partial charge in [0.05, 0.1) is 5.69 Å². The van der Waals surface area contributed by atoms with Crippen LogP contribution in [-0.2, 0) is 5.54 Å². The van der Waals surface area contributed by atoms with E-state index in [1.54, 1.807) is 6.20 Å². The Hall–Kier alpha value is -1.13. The SMILES string of the molecule is CC(C)(N)c1ccc(-n2cccn2)c(Br)c1. The lowest BCUT2D eigenvalue weighted by Gasteiger charge is -2.20. The fraction of sp³-hybridized carbons (Fsp3) is 0.250. The number of benzene rings is 1. The first-order chi connectivity index (χ1) is 7.48. The maximum absolute atomic E-state index is 6.05. The van der Waals surface area contributed by atoms with Crippen molar-refractivity contribution < 1.29 is 0 Å². The molecular weight excluding hydrogens is 266 g/mol. The van der Waals surface area contributed by atoms with Gasteiger partial charge in [0.2, 0.25) is 0 Å². The molecule has 0 atom stereocenters. The molecule has 0 radical (unpaired) electrons. The molecule has 0 aliphatic carbocycles. The molecule has 0 saturated carbocycles. The summed E-state index contributed by atoms with van der Waals surface area (Å²) in [5.74, 6) is 0. The standard InChI is InChI=1S/C12H14BrN3/c1-12(2,14)9-4-5-11(10(13)8-9)16-7-3-6-15-16/h3-8H,14H2,1-2H3. The average Bonchev–Trinajstić information content (AvgIpc) is 2.69. The molecule has 0 spiro atoms. The molecule has 0 amide bonds. The molecule has 0 unspecified atom stereocenters. The lowest BCUT2D eigenvalue weighted by molar-refractivity contribution is 0.554. The summed E-state index contributed by atoms with van der Waals surface area (Å²) in [5, 5.41) is 4.19. The van der Waals surface area contributed by atoms with E-state index in [1.807, 2.05) is 49.0 Å². The summed E-state index contributed by atoms with van der Waals surface area (Å²) in [4.78, 5) is 0. The second-order valence-corrected chi connectivity index (χ2v) is 5.19. The molecule has 16 heavy (non-hydrogen) atoms. The van der Waals surface area contributed by atoms with Crippen molar-refractivity contribution in [1.82, 2.24) is 9.78 Å². The van der Waals surface area contributed by atoms with E-state index in [0.717, 1.165) is 15.7 Å². The molecule has 1 heterocycles. The fourth-order valence-electron chi connectivity index (χ4n) is 1.50. The van der Waals surface area contributed by atoms with Crippen LogP contribution in [0.2, 0.25) is 0 Å². The van der Waals surface area contributed by atoms with Crippen molar-refractivity contribution >= 4 is 15.9 Å². The quantitative estimate of drug-likeness (QED) is 0.919. The van der Waals surface area contributed by atoms with E-state index in [-0.39, 0.29) is 5.54 Å². The van der Waals surface area contributed by atoms with Crippen LogP contribution in [0.5, 0.6) is 0 Å². The lowest BCUT2D eigenvalue weighted by atomic mass is 9.96. The van der Waals surface area contributed by atoms with E-state index in [4.69, 9.17) is 5.73 Å². The molecule has 2 N–H and O–H groups in total. The zero-order valence-electron chi connectivity index (χ0n) is 9.31. The van der Waals surface area contributed by atoms with E-state index < -0.39 is 0 Å². The summed E-state index contributed by atoms with van der Waals surface area (Å²) >= 11 is 3.54. The van der Waals surface area contributed by atoms with Gasteiger partial charge in [0, 0.05) is 22.4 Å². The Kier molecular flexibility index (Phi) is 2.86. The number of nitrogens with two attached hydrogens (primary N) is 1. The molecule has 0 aliphatic heterocycles. The van der Waals surface area contributed by atoms with Gasteiger partial charge in [-0.15, -0.1) is 0 Å². The largest absolute Gasteiger partial charge is 0.322 e. The molecule has 1 aromatic carbocycles. The van der Waals surface area contributed by atoms with Gasteiger partial charge in [-0.2, -0.15) is 5.10 Å². The van der Waals surface area contributed by atoms with Crippen LogP contribution in [0.3, 0.4) is 0 Å². The Labute approximate surface area is 103 Å². The van der Waals surface area contributed by atoms with Crippen molar-refractivity contribution in [3.8, 4) is 5.69 Å². The zero-order valence-corrected chi connectivity index (χ0v) is 10.9. The second kappa shape index (κ2) is 4.03. The molecule has 3 nitrogen and oxygen atoms in total. The van der Waals surface area contributed by atoms with Crippen molar-refractivity contribution in [1.29, 1.82) is 0 Å². The Morgan fingerprint density at radius 3 is 2.62 bits per heavy atom. The summed E-state index contributed by atoms with van der Waals surface area (Å²) in [6.07, 6.45) is 3.67. The van der Waals surface area contributed by atoms with Crippen LogP contribution in [0.4, 0.5) is 0 Å². The van der Waals surface area contributed by atoms with E-state index in [0.29, 0.717) is 0 Å². The van der Waals surface area contributed by atoms with Crippen LogP contribution in [0, 0.1) is 0 Å². The van der Waals surface area contributed by atoms with Crippen LogP contribution in [0.25, 0.3) is 5.69 Å². The number of aromatic nitrogens is 2. The molecule has 1 aromatic heterocycles. The topological polar surface area (TPSA) is 43.8 Å². The van der Waals surface area contributed by atoms with E-state index in [9.17, 15) is 0 Å². The van der Waals surface area contributed by atoms with Crippen molar-refractivity contribution in [2.75, 3.05) is 0 Å². The third-order valence-electron chi connectivity index (χ3n) is 2.44. The van der Waals surface area contributed by atoms with E-state index in [1.165, 1.54) is 0 Å². The van der Waals surface area contributed by atoms with Gasteiger partial charge >= 0.3 is 0 Å². The number of halogens is 1. The Morgan fingerprint density at radius 2 is 2.12 bits per heavy atom. The minimum absolute atomic E-state index is 0.328. The predicted octanol–water partition coefficient (Wildman–Crippen LogP) is 2.83. The minimum atomic E-state index is -0.328. The number of hydrogen-bond donors (Lipinski definition) is 1. The predicted molar refractivity (Wildman–Crippen MR) is 68.5 cm³/mol. The number of nitrogens with zero attached hydrogens (tertiary/aromatic N) is 2. The Morgan fingerprint density at radius 1 is 1.38 bits per heavy atom. The monoisotopic (exact) mass is 279 g/mol. The summed E-state index contributed by atoms with van der Waals surface area (Å²) in [6.45, 7) is 3.98. The van der Waals surface area contributed by atoms with Crippen LogP contribution >= 0.6 is 15.9 Å². The van der Waals surface area contributed by atoms with Crippen LogP contribution in [-0.4, -0.2) is 9.78 Å². The summed E-state index contributed by atoms with van der Waals surface area (Å²) in [5.41, 5.74) is 7.83. The fourth-order valence-corrected chi connectivity index (χ4v) is 2.07. The summed E-state index contributed by atoms with van der Waals surface area (Å²) in [6, 6.07) is 7.98. The van der Waals surface area contributed by atoms with Crippen molar-refractivity contribution in [2.45, 2.75) is 19.4 Å². The van der Waals surface area contributed by atoms with Crippen molar-refractivity contribution in [2.24, 2.45) is 5.73 Å². The molecule has 84 valence electrons. The Bertz CT molecular complexity index is 483. The molecule has 2 aromatic rings. The van der Waals surface area contributed by atoms with Crippen molar-refractivity contribution in [3.05, 3.63) is 46.7 Å². The molecule has 0 aliphatic rings. The van der Waals surface area contributed by atoms with Gasteiger partial charge in [-0.25, -0.2) is 4.68 Å². The highest BCUT2D eigenvalue weighted by Crippen LogP contribution is 2.26. The summed E-state index contributed by atoms with van der Waals surface area (Å²) < 4.78 is 2.81. The minimum Gasteiger partial charge on any atom is -0.322 e. The highest BCUT2D eigenvalue weighted by Gasteiger charge is 2.15. The highest BCUT2D eigenvalue weighted by atomic mass is 79.9. The lowest BCUT2D eigenvalue weighted by Crippen LogP contribution is -2.28. The molecule has 2 rings (SSSR count). The van der Waals surface area contributed by atoms with Crippen LogP contribution in [0.1, 0.15) is 19.4 Å². The maximum Gasteiger partial charge on any atom is 0.0787 e. The molecular formula is C12H14BrN3. The van der Waals surface area contributed by atoms with Gasteiger partial charge in [-0.05, 0) is 53.5 Å². The highest BCUT2D eigenvalue weighted by molar-refractivity contribution is 9.10. The van der Waals surface area contributed by atoms with Gasteiger partial charge in [0.25, 0.3) is 0 Å². The normalized spacial score (nSPS) is 11.8. The first-order valence-electron chi connectivity index (χ1n) is 5.07. The zero-order chi connectivity index (χ0) is 11.8. The first-order valence-corrected chi connectivity index (χ1v) is 5.87. The second-order valence-electron chi connectivity index (χ2n) is 4.34. The maximum atomic E-state index is 6.05. The van der Waals surface area contributed by atoms with Crippen molar-refractivity contribution in [3.63, 3.8) is 0 Å². The van der Waals surface area contributed by atoms with Gasteiger partial charge in [0.15, 0.2) is 0 Å². The van der Waals surface area contributed by atoms with Gasteiger partial charge in [-0.3, -0.25) is 0 Å². The molecule has 0 saturated heterocycles. The molecule has 0 fully saturated rings. The van der Waals surface area contributed by atoms with Gasteiger partial charge in [0.1, 0.15) is 0 Å². The molecule has 4 heteroatoms. The smallest absolute Gasteiger partial charge is 0.0787 e. The number of hydrogen-bond acceptors (Lipinski definition) is 2. The average molecular weight is 280 g/mol. The number of rotatable bonds is 2. The summed E-state index contributed by atoms with van der Waals surface area (Å²) in [7, 11) is 0.